The fraction of sp³-hybridized carbons (Fsp3) is 0.364. The number of halogens is 2. The number of sulfone groups is 1. The first-order valence-electron chi connectivity index (χ1n) is 5.34. The molecule has 98 valence electrons. The maximum atomic E-state index is 12.9. The van der Waals surface area contributed by atoms with Crippen molar-refractivity contribution in [2.45, 2.75) is 6.42 Å². The molecule has 1 aromatic rings. The van der Waals surface area contributed by atoms with Gasteiger partial charge in [0.05, 0.1) is 17.4 Å². The van der Waals surface area contributed by atoms with Crippen LogP contribution in [0.2, 0.25) is 0 Å². The van der Waals surface area contributed by atoms with Gasteiger partial charge in [-0.15, -0.1) is 0 Å². The van der Waals surface area contributed by atoms with E-state index in [1.54, 1.807) is 0 Å². The lowest BCUT2D eigenvalue weighted by Crippen LogP contribution is -2.23. The summed E-state index contributed by atoms with van der Waals surface area (Å²) in [6.07, 6.45) is 0.262. The van der Waals surface area contributed by atoms with Crippen LogP contribution in [0.5, 0.6) is 0 Å². The van der Waals surface area contributed by atoms with Crippen molar-refractivity contribution in [2.75, 3.05) is 16.8 Å². The highest BCUT2D eigenvalue weighted by Crippen LogP contribution is 2.21. The molecule has 2 rings (SSSR count). The molecule has 0 radical (unpaired) electrons. The summed E-state index contributed by atoms with van der Waals surface area (Å²) in [5.74, 6) is -3.38. The highest BCUT2D eigenvalue weighted by Gasteiger charge is 2.32. The van der Waals surface area contributed by atoms with Crippen molar-refractivity contribution in [1.29, 1.82) is 0 Å². The standard InChI is InChI=1S/C11H11F2NO3S/c12-9-2-1-8(5-10(9)13)14-11(15)7-3-4-18(16,17)6-7/h1-2,5,7H,3-4,6H2,(H,14,15)/t7-/m1/s1. The lowest BCUT2D eigenvalue weighted by molar-refractivity contribution is -0.119. The molecule has 1 heterocycles. The summed E-state index contributed by atoms with van der Waals surface area (Å²) in [5, 5.41) is 2.38. The van der Waals surface area contributed by atoms with Crippen LogP contribution in [0, 0.1) is 17.6 Å². The quantitative estimate of drug-likeness (QED) is 0.886. The Kier molecular flexibility index (Phi) is 3.34. The molecule has 1 saturated heterocycles. The van der Waals surface area contributed by atoms with Gasteiger partial charge in [-0.2, -0.15) is 0 Å². The van der Waals surface area contributed by atoms with Crippen LogP contribution in [-0.2, 0) is 14.6 Å². The smallest absolute Gasteiger partial charge is 0.228 e. The average molecular weight is 275 g/mol. The summed E-state index contributed by atoms with van der Waals surface area (Å²) in [5.41, 5.74) is 0.114. The number of hydrogen-bond acceptors (Lipinski definition) is 3. The Hall–Kier alpha value is -1.50. The van der Waals surface area contributed by atoms with Crippen LogP contribution < -0.4 is 5.32 Å². The number of nitrogens with one attached hydrogen (secondary N) is 1. The van der Waals surface area contributed by atoms with E-state index in [-0.39, 0.29) is 23.6 Å². The molecule has 1 aromatic carbocycles. The lowest BCUT2D eigenvalue weighted by Gasteiger charge is -2.09. The van der Waals surface area contributed by atoms with Crippen LogP contribution in [0.1, 0.15) is 6.42 Å². The summed E-state index contributed by atoms with van der Waals surface area (Å²) >= 11 is 0. The molecule has 0 saturated carbocycles. The van der Waals surface area contributed by atoms with Gasteiger partial charge in [0.1, 0.15) is 0 Å². The first-order valence-corrected chi connectivity index (χ1v) is 7.16. The van der Waals surface area contributed by atoms with Crippen LogP contribution in [0.4, 0.5) is 14.5 Å². The van der Waals surface area contributed by atoms with E-state index in [1.807, 2.05) is 0 Å². The third-order valence-electron chi connectivity index (χ3n) is 2.79. The van der Waals surface area contributed by atoms with Gasteiger partial charge in [0, 0.05) is 11.8 Å². The van der Waals surface area contributed by atoms with E-state index in [0.717, 1.165) is 12.1 Å². The van der Waals surface area contributed by atoms with Gasteiger partial charge in [-0.1, -0.05) is 0 Å². The fourth-order valence-electron chi connectivity index (χ4n) is 1.82. The third-order valence-corrected chi connectivity index (χ3v) is 4.56. The number of anilines is 1. The molecule has 4 nitrogen and oxygen atoms in total. The summed E-state index contributed by atoms with van der Waals surface area (Å²) in [6, 6.07) is 2.98. The van der Waals surface area contributed by atoms with Crippen LogP contribution in [0.15, 0.2) is 18.2 Å². The van der Waals surface area contributed by atoms with Gasteiger partial charge in [-0.25, -0.2) is 17.2 Å². The summed E-state index contributed by atoms with van der Waals surface area (Å²) < 4.78 is 48.0. The highest BCUT2D eigenvalue weighted by atomic mass is 32.2. The molecule has 18 heavy (non-hydrogen) atoms. The summed E-state index contributed by atoms with van der Waals surface area (Å²) in [6.45, 7) is 0. The minimum Gasteiger partial charge on any atom is -0.326 e. The van der Waals surface area contributed by atoms with Crippen molar-refractivity contribution < 1.29 is 22.0 Å². The number of carbonyl (C=O) groups excluding carboxylic acids is 1. The Morgan fingerprint density at radius 3 is 2.56 bits per heavy atom. The summed E-state index contributed by atoms with van der Waals surface area (Å²) in [4.78, 5) is 11.7. The molecule has 1 fully saturated rings. The van der Waals surface area contributed by atoms with Crippen molar-refractivity contribution in [1.82, 2.24) is 0 Å². The average Bonchev–Trinajstić information content (AvgIpc) is 2.64. The van der Waals surface area contributed by atoms with Crippen LogP contribution >= 0.6 is 0 Å². The van der Waals surface area contributed by atoms with E-state index in [2.05, 4.69) is 5.32 Å². The van der Waals surface area contributed by atoms with Crippen LogP contribution in [-0.4, -0.2) is 25.8 Å². The first kappa shape index (κ1) is 12.9. The fourth-order valence-corrected chi connectivity index (χ4v) is 3.56. The molecule has 1 N–H and O–H groups in total. The minimum absolute atomic E-state index is 0.0110. The molecule has 0 spiro atoms. The van der Waals surface area contributed by atoms with Gasteiger partial charge >= 0.3 is 0 Å². The molecule has 0 aliphatic carbocycles. The normalized spacial score (nSPS) is 21.8. The number of benzene rings is 1. The molecule has 7 heteroatoms. The molecule has 1 atom stereocenters. The zero-order chi connectivity index (χ0) is 13.3. The van der Waals surface area contributed by atoms with Gasteiger partial charge in [0.25, 0.3) is 0 Å². The molecular weight excluding hydrogens is 264 g/mol. The van der Waals surface area contributed by atoms with E-state index >= 15 is 0 Å². The van der Waals surface area contributed by atoms with Gasteiger partial charge in [-0.05, 0) is 18.6 Å². The second-order valence-electron chi connectivity index (χ2n) is 4.22. The van der Waals surface area contributed by atoms with Crippen molar-refractivity contribution in [3.05, 3.63) is 29.8 Å². The predicted molar refractivity (Wildman–Crippen MR) is 61.7 cm³/mol. The molecule has 1 aliphatic heterocycles. The number of carbonyl (C=O) groups is 1. The van der Waals surface area contributed by atoms with Crippen molar-refractivity contribution in [3.8, 4) is 0 Å². The Morgan fingerprint density at radius 1 is 1.28 bits per heavy atom. The Balaban J connectivity index is 2.06. The molecule has 1 amide bonds. The first-order chi connectivity index (χ1) is 8.37. The van der Waals surface area contributed by atoms with E-state index in [9.17, 15) is 22.0 Å². The molecule has 0 bridgehead atoms. The number of amides is 1. The predicted octanol–water partition coefficient (Wildman–Crippen LogP) is 1.34. The van der Waals surface area contributed by atoms with Crippen molar-refractivity contribution in [3.63, 3.8) is 0 Å². The third kappa shape index (κ3) is 2.84. The van der Waals surface area contributed by atoms with Gasteiger partial charge < -0.3 is 5.32 Å². The van der Waals surface area contributed by atoms with Gasteiger partial charge in [0.15, 0.2) is 21.5 Å². The molecule has 0 unspecified atom stereocenters. The Bertz CT molecular complexity index is 586. The zero-order valence-electron chi connectivity index (χ0n) is 9.32. The zero-order valence-corrected chi connectivity index (χ0v) is 10.1. The Labute approximate surface area is 103 Å². The van der Waals surface area contributed by atoms with E-state index in [1.165, 1.54) is 6.07 Å². The van der Waals surface area contributed by atoms with Gasteiger partial charge in [0.2, 0.25) is 5.91 Å². The van der Waals surface area contributed by atoms with Crippen LogP contribution in [0.3, 0.4) is 0 Å². The maximum absolute atomic E-state index is 12.9. The van der Waals surface area contributed by atoms with E-state index in [4.69, 9.17) is 0 Å². The number of rotatable bonds is 2. The minimum atomic E-state index is -3.14. The Morgan fingerprint density at radius 2 is 2.00 bits per heavy atom. The summed E-state index contributed by atoms with van der Waals surface area (Å²) in [7, 11) is -3.14. The van der Waals surface area contributed by atoms with Crippen LogP contribution in [0.25, 0.3) is 0 Å². The van der Waals surface area contributed by atoms with Gasteiger partial charge in [-0.3, -0.25) is 4.79 Å². The van der Waals surface area contributed by atoms with E-state index < -0.39 is 33.3 Å². The highest BCUT2D eigenvalue weighted by molar-refractivity contribution is 7.91. The van der Waals surface area contributed by atoms with E-state index in [0.29, 0.717) is 0 Å². The maximum Gasteiger partial charge on any atom is 0.228 e. The van der Waals surface area contributed by atoms with Crippen molar-refractivity contribution >= 4 is 21.4 Å². The largest absolute Gasteiger partial charge is 0.326 e. The molecular formula is C11H11F2NO3S. The molecule has 1 aliphatic rings. The second-order valence-corrected chi connectivity index (χ2v) is 6.45. The SMILES string of the molecule is O=C(Nc1ccc(F)c(F)c1)[C@@H]1CCS(=O)(=O)C1. The second kappa shape index (κ2) is 4.64. The topological polar surface area (TPSA) is 63.2 Å². The van der Waals surface area contributed by atoms with Crippen molar-refractivity contribution in [2.24, 2.45) is 5.92 Å². The molecule has 0 aromatic heterocycles. The monoisotopic (exact) mass is 275 g/mol. The lowest BCUT2D eigenvalue weighted by atomic mass is 10.1. The number of hydrogen-bond donors (Lipinski definition) is 1.